The molecular weight excluding hydrogens is 200 g/mol. The van der Waals surface area contributed by atoms with Gasteiger partial charge in [0.25, 0.3) is 0 Å². The molecule has 0 spiro atoms. The summed E-state index contributed by atoms with van der Waals surface area (Å²) >= 11 is 0. The fourth-order valence-electron chi connectivity index (χ4n) is 2.02. The molecule has 1 aliphatic rings. The summed E-state index contributed by atoms with van der Waals surface area (Å²) in [5, 5.41) is 3.16. The third-order valence-corrected chi connectivity index (χ3v) is 2.74. The molecular formula is C11H13F2NO. The molecule has 0 aromatic heterocycles. The minimum Gasteiger partial charge on any atom is -0.493 e. The Labute approximate surface area is 87.2 Å². The Balaban J connectivity index is 2.42. The predicted molar refractivity (Wildman–Crippen MR) is 53.1 cm³/mol. The highest BCUT2D eigenvalue weighted by molar-refractivity contribution is 5.39. The zero-order valence-electron chi connectivity index (χ0n) is 8.52. The first-order valence-corrected chi connectivity index (χ1v) is 4.96. The monoisotopic (exact) mass is 213 g/mol. The molecule has 15 heavy (non-hydrogen) atoms. The zero-order valence-corrected chi connectivity index (χ0v) is 8.52. The number of methoxy groups -OCH3 is 1. The van der Waals surface area contributed by atoms with Gasteiger partial charge in [-0.1, -0.05) is 0 Å². The normalized spacial score (nSPS) is 20.6. The molecule has 0 amide bonds. The van der Waals surface area contributed by atoms with Crippen LogP contribution in [0.2, 0.25) is 0 Å². The fraction of sp³-hybridized carbons (Fsp3) is 0.455. The molecule has 1 aromatic carbocycles. The van der Waals surface area contributed by atoms with Gasteiger partial charge in [0.1, 0.15) is 5.82 Å². The second-order valence-corrected chi connectivity index (χ2v) is 3.70. The highest BCUT2D eigenvalue weighted by atomic mass is 19.1. The molecule has 0 saturated carbocycles. The molecule has 82 valence electrons. The highest BCUT2D eigenvalue weighted by Crippen LogP contribution is 2.33. The first-order chi connectivity index (χ1) is 7.22. The number of benzene rings is 1. The van der Waals surface area contributed by atoms with Gasteiger partial charge in [0, 0.05) is 24.1 Å². The van der Waals surface area contributed by atoms with E-state index < -0.39 is 11.6 Å². The molecule has 0 bridgehead atoms. The van der Waals surface area contributed by atoms with Crippen LogP contribution >= 0.6 is 0 Å². The van der Waals surface area contributed by atoms with Gasteiger partial charge in [-0.25, -0.2) is 8.78 Å². The SMILES string of the molecule is COc1c(F)cc(F)cc1C1CCNC1. The van der Waals surface area contributed by atoms with Crippen LogP contribution in [-0.4, -0.2) is 20.2 Å². The zero-order chi connectivity index (χ0) is 10.8. The molecule has 1 saturated heterocycles. The van der Waals surface area contributed by atoms with E-state index in [4.69, 9.17) is 4.74 Å². The Bertz CT molecular complexity index is 362. The van der Waals surface area contributed by atoms with Gasteiger partial charge in [0.15, 0.2) is 11.6 Å². The standard InChI is InChI=1S/C11H13F2NO/c1-15-11-9(7-2-3-14-6-7)4-8(12)5-10(11)13/h4-5,7,14H,2-3,6H2,1H3. The molecule has 1 aliphatic heterocycles. The molecule has 1 fully saturated rings. The van der Waals surface area contributed by atoms with Crippen LogP contribution in [0.1, 0.15) is 17.9 Å². The number of nitrogens with one attached hydrogen (secondary N) is 1. The average molecular weight is 213 g/mol. The number of hydrogen-bond donors (Lipinski definition) is 1. The van der Waals surface area contributed by atoms with Crippen LogP contribution in [0.5, 0.6) is 5.75 Å². The van der Waals surface area contributed by atoms with E-state index in [0.717, 1.165) is 25.6 Å². The number of hydrogen-bond acceptors (Lipinski definition) is 2. The Morgan fingerprint density at radius 3 is 2.80 bits per heavy atom. The number of halogens is 2. The van der Waals surface area contributed by atoms with Crippen LogP contribution in [0.3, 0.4) is 0 Å². The van der Waals surface area contributed by atoms with Crippen molar-refractivity contribution >= 4 is 0 Å². The van der Waals surface area contributed by atoms with Crippen LogP contribution in [0, 0.1) is 11.6 Å². The maximum absolute atomic E-state index is 13.4. The minimum absolute atomic E-state index is 0.144. The molecule has 1 N–H and O–H groups in total. The summed E-state index contributed by atoms with van der Waals surface area (Å²) in [5.41, 5.74) is 0.625. The van der Waals surface area contributed by atoms with E-state index in [-0.39, 0.29) is 11.7 Å². The van der Waals surface area contributed by atoms with Crippen molar-refractivity contribution in [2.45, 2.75) is 12.3 Å². The summed E-state index contributed by atoms with van der Waals surface area (Å²) in [5.74, 6) is -0.857. The summed E-state index contributed by atoms with van der Waals surface area (Å²) < 4.78 is 31.4. The summed E-state index contributed by atoms with van der Waals surface area (Å²) in [7, 11) is 1.40. The quantitative estimate of drug-likeness (QED) is 0.811. The largest absolute Gasteiger partial charge is 0.493 e. The first kappa shape index (κ1) is 10.4. The predicted octanol–water partition coefficient (Wildman–Crippen LogP) is 2.05. The van der Waals surface area contributed by atoms with Gasteiger partial charge in [0.2, 0.25) is 0 Å². The average Bonchev–Trinajstić information content (AvgIpc) is 2.69. The van der Waals surface area contributed by atoms with Crippen LogP contribution < -0.4 is 10.1 Å². The molecule has 1 heterocycles. The summed E-state index contributed by atoms with van der Waals surface area (Å²) in [4.78, 5) is 0. The second-order valence-electron chi connectivity index (χ2n) is 3.70. The molecule has 0 radical (unpaired) electrons. The van der Waals surface area contributed by atoms with Crippen LogP contribution in [0.15, 0.2) is 12.1 Å². The van der Waals surface area contributed by atoms with Crippen molar-refractivity contribution in [3.8, 4) is 5.75 Å². The third-order valence-electron chi connectivity index (χ3n) is 2.74. The molecule has 0 aliphatic carbocycles. The highest BCUT2D eigenvalue weighted by Gasteiger charge is 2.23. The fourth-order valence-corrected chi connectivity index (χ4v) is 2.02. The van der Waals surface area contributed by atoms with Gasteiger partial charge in [-0.2, -0.15) is 0 Å². The van der Waals surface area contributed by atoms with E-state index in [0.29, 0.717) is 5.56 Å². The molecule has 2 rings (SSSR count). The Hall–Kier alpha value is -1.16. The number of rotatable bonds is 2. The van der Waals surface area contributed by atoms with Crippen molar-refractivity contribution < 1.29 is 13.5 Å². The van der Waals surface area contributed by atoms with Crippen molar-refractivity contribution in [2.24, 2.45) is 0 Å². The van der Waals surface area contributed by atoms with Crippen molar-refractivity contribution in [3.05, 3.63) is 29.3 Å². The van der Waals surface area contributed by atoms with Gasteiger partial charge in [-0.05, 0) is 19.0 Å². The third kappa shape index (κ3) is 1.95. The van der Waals surface area contributed by atoms with Crippen molar-refractivity contribution in [1.29, 1.82) is 0 Å². The van der Waals surface area contributed by atoms with Gasteiger partial charge in [0.05, 0.1) is 7.11 Å². The molecule has 2 nitrogen and oxygen atoms in total. The van der Waals surface area contributed by atoms with Gasteiger partial charge in [-0.15, -0.1) is 0 Å². The summed E-state index contributed by atoms with van der Waals surface area (Å²) in [6.07, 6.45) is 0.888. The van der Waals surface area contributed by atoms with Crippen LogP contribution in [0.4, 0.5) is 8.78 Å². The Kier molecular flexibility index (Phi) is 2.86. The molecule has 1 aromatic rings. The van der Waals surface area contributed by atoms with Crippen molar-refractivity contribution in [3.63, 3.8) is 0 Å². The lowest BCUT2D eigenvalue weighted by molar-refractivity contribution is 0.375. The molecule has 1 unspecified atom stereocenters. The summed E-state index contributed by atoms with van der Waals surface area (Å²) in [6, 6.07) is 2.21. The van der Waals surface area contributed by atoms with E-state index in [9.17, 15) is 8.78 Å². The second kappa shape index (κ2) is 4.14. The summed E-state index contributed by atoms with van der Waals surface area (Å²) in [6.45, 7) is 1.63. The van der Waals surface area contributed by atoms with E-state index in [2.05, 4.69) is 5.32 Å². The van der Waals surface area contributed by atoms with Crippen molar-refractivity contribution in [1.82, 2.24) is 5.32 Å². The first-order valence-electron chi connectivity index (χ1n) is 4.96. The molecule has 4 heteroatoms. The number of ether oxygens (including phenoxy) is 1. The van der Waals surface area contributed by atoms with E-state index in [1.54, 1.807) is 0 Å². The van der Waals surface area contributed by atoms with E-state index in [1.807, 2.05) is 0 Å². The van der Waals surface area contributed by atoms with Crippen molar-refractivity contribution in [2.75, 3.05) is 20.2 Å². The lowest BCUT2D eigenvalue weighted by atomic mass is 9.97. The van der Waals surface area contributed by atoms with Crippen LogP contribution in [-0.2, 0) is 0 Å². The Morgan fingerprint density at radius 2 is 2.20 bits per heavy atom. The van der Waals surface area contributed by atoms with Crippen LogP contribution in [0.25, 0.3) is 0 Å². The smallest absolute Gasteiger partial charge is 0.168 e. The van der Waals surface area contributed by atoms with E-state index >= 15 is 0 Å². The molecule has 1 atom stereocenters. The van der Waals surface area contributed by atoms with E-state index in [1.165, 1.54) is 13.2 Å². The topological polar surface area (TPSA) is 21.3 Å². The lowest BCUT2D eigenvalue weighted by Gasteiger charge is -2.14. The maximum atomic E-state index is 13.4. The maximum Gasteiger partial charge on any atom is 0.168 e. The van der Waals surface area contributed by atoms with Gasteiger partial charge in [-0.3, -0.25) is 0 Å². The minimum atomic E-state index is -0.626. The lowest BCUT2D eigenvalue weighted by Crippen LogP contribution is -2.09. The van der Waals surface area contributed by atoms with Gasteiger partial charge < -0.3 is 10.1 Å². The Morgan fingerprint density at radius 1 is 1.40 bits per heavy atom. The van der Waals surface area contributed by atoms with Gasteiger partial charge >= 0.3 is 0 Å².